The van der Waals surface area contributed by atoms with Gasteiger partial charge in [0.2, 0.25) is 0 Å². The van der Waals surface area contributed by atoms with Gasteiger partial charge in [-0.2, -0.15) is 13.2 Å². The fourth-order valence-corrected chi connectivity index (χ4v) is 3.63. The summed E-state index contributed by atoms with van der Waals surface area (Å²) >= 11 is 6.36. The summed E-state index contributed by atoms with van der Waals surface area (Å²) < 4.78 is 49.5. The maximum Gasteiger partial charge on any atom is 0.494 e. The van der Waals surface area contributed by atoms with Crippen molar-refractivity contribution in [1.29, 1.82) is 0 Å². The number of hydrogen-bond acceptors (Lipinski definition) is 4. The molecule has 2 fully saturated rings. The van der Waals surface area contributed by atoms with Crippen molar-refractivity contribution >= 4 is 30.1 Å². The quantitative estimate of drug-likeness (QED) is 0.689. The minimum absolute atomic E-state index is 0.175. The number of hydrogen-bond donors (Lipinski definition) is 0. The SMILES string of the molecule is CC1(C)OB(c2ccc(C(=O)N3CCN(CC(F)(F)F)CC3)c(Cl)c2)OC1(C)C. The molecule has 29 heavy (non-hydrogen) atoms. The third kappa shape index (κ3) is 4.90. The molecule has 1 aromatic rings. The van der Waals surface area contributed by atoms with E-state index in [0.29, 0.717) is 11.0 Å². The summed E-state index contributed by atoms with van der Waals surface area (Å²) in [6, 6.07) is 5.01. The van der Waals surface area contributed by atoms with Crippen LogP contribution in [0.5, 0.6) is 0 Å². The Morgan fingerprint density at radius 1 is 1.10 bits per heavy atom. The zero-order chi connectivity index (χ0) is 21.6. The lowest BCUT2D eigenvalue weighted by molar-refractivity contribution is -0.148. The molecule has 0 atom stereocenters. The number of halogens is 4. The van der Waals surface area contributed by atoms with Gasteiger partial charge in [-0.25, -0.2) is 0 Å². The molecule has 2 heterocycles. The minimum Gasteiger partial charge on any atom is -0.399 e. The van der Waals surface area contributed by atoms with Gasteiger partial charge >= 0.3 is 13.3 Å². The molecule has 2 saturated heterocycles. The maximum absolute atomic E-state index is 12.8. The van der Waals surface area contributed by atoms with Crippen LogP contribution in [0.2, 0.25) is 5.02 Å². The van der Waals surface area contributed by atoms with E-state index < -0.39 is 31.0 Å². The highest BCUT2D eigenvalue weighted by atomic mass is 35.5. The molecule has 0 N–H and O–H groups in total. The summed E-state index contributed by atoms with van der Waals surface area (Å²) in [6.07, 6.45) is -4.24. The molecule has 2 aliphatic heterocycles. The highest BCUT2D eigenvalue weighted by Gasteiger charge is 2.51. The second-order valence-electron chi connectivity index (χ2n) is 8.51. The number of alkyl halides is 3. The van der Waals surface area contributed by atoms with E-state index in [0.717, 1.165) is 0 Å². The van der Waals surface area contributed by atoms with Crippen LogP contribution in [-0.2, 0) is 9.31 Å². The molecule has 1 aromatic carbocycles. The molecule has 160 valence electrons. The smallest absolute Gasteiger partial charge is 0.399 e. The average Bonchev–Trinajstić information content (AvgIpc) is 2.81. The van der Waals surface area contributed by atoms with Crippen LogP contribution >= 0.6 is 11.6 Å². The van der Waals surface area contributed by atoms with Crippen LogP contribution in [0.1, 0.15) is 38.1 Å². The summed E-state index contributed by atoms with van der Waals surface area (Å²) in [7, 11) is -0.590. The Morgan fingerprint density at radius 3 is 2.14 bits per heavy atom. The van der Waals surface area contributed by atoms with Gasteiger partial charge in [-0.05, 0) is 45.3 Å². The van der Waals surface area contributed by atoms with E-state index in [1.807, 2.05) is 27.7 Å². The van der Waals surface area contributed by atoms with Gasteiger partial charge in [-0.15, -0.1) is 0 Å². The summed E-state index contributed by atoms with van der Waals surface area (Å²) in [5.41, 5.74) is 0.0418. The molecule has 0 spiro atoms. The molecule has 0 unspecified atom stereocenters. The molecule has 1 amide bonds. The average molecular weight is 433 g/mol. The molecular weight excluding hydrogens is 407 g/mol. The standard InChI is InChI=1S/C19H25BClF3N2O3/c1-17(2)18(3,4)29-20(28-17)13-5-6-14(15(21)11-13)16(27)26-9-7-25(8-10-26)12-19(22,23)24/h5-6,11H,7-10,12H2,1-4H3. The first-order chi connectivity index (χ1) is 13.3. The van der Waals surface area contributed by atoms with E-state index >= 15 is 0 Å². The molecular formula is C19H25BClF3N2O3. The number of rotatable bonds is 3. The highest BCUT2D eigenvalue weighted by Crippen LogP contribution is 2.36. The first-order valence-corrected chi connectivity index (χ1v) is 9.90. The Hall–Kier alpha value is -1.29. The normalized spacial score (nSPS) is 22.2. The van der Waals surface area contributed by atoms with Crippen LogP contribution in [-0.4, -0.2) is 72.9 Å². The van der Waals surface area contributed by atoms with Crippen molar-refractivity contribution in [2.75, 3.05) is 32.7 Å². The van der Waals surface area contributed by atoms with Crippen LogP contribution in [0.3, 0.4) is 0 Å². The lowest BCUT2D eigenvalue weighted by Crippen LogP contribution is -2.51. The topological polar surface area (TPSA) is 42.0 Å². The van der Waals surface area contributed by atoms with Crippen molar-refractivity contribution in [3.05, 3.63) is 28.8 Å². The number of carbonyl (C=O) groups excluding carboxylic acids is 1. The number of nitrogens with zero attached hydrogens (tertiary/aromatic N) is 2. The van der Waals surface area contributed by atoms with Crippen molar-refractivity contribution < 1.29 is 27.3 Å². The Bertz CT molecular complexity index is 764. The van der Waals surface area contributed by atoms with Crippen molar-refractivity contribution in [2.45, 2.75) is 45.1 Å². The van der Waals surface area contributed by atoms with E-state index in [9.17, 15) is 18.0 Å². The van der Waals surface area contributed by atoms with Crippen molar-refractivity contribution in [3.63, 3.8) is 0 Å². The van der Waals surface area contributed by atoms with Crippen LogP contribution in [0, 0.1) is 0 Å². The molecule has 0 aliphatic carbocycles. The molecule has 0 aromatic heterocycles. The largest absolute Gasteiger partial charge is 0.494 e. The van der Waals surface area contributed by atoms with Crippen LogP contribution in [0.15, 0.2) is 18.2 Å². The molecule has 2 aliphatic rings. The van der Waals surface area contributed by atoms with E-state index in [1.54, 1.807) is 18.2 Å². The Balaban J connectivity index is 1.66. The zero-order valence-electron chi connectivity index (χ0n) is 17.0. The van der Waals surface area contributed by atoms with Gasteiger partial charge in [0, 0.05) is 26.2 Å². The van der Waals surface area contributed by atoms with Gasteiger partial charge in [0.25, 0.3) is 5.91 Å². The monoisotopic (exact) mass is 432 g/mol. The molecule has 10 heteroatoms. The number of benzene rings is 1. The van der Waals surface area contributed by atoms with Gasteiger partial charge in [-0.1, -0.05) is 17.7 Å². The fraction of sp³-hybridized carbons (Fsp3) is 0.632. The summed E-state index contributed by atoms with van der Waals surface area (Å²) in [4.78, 5) is 15.6. The molecule has 3 rings (SSSR count). The Labute approximate surface area is 174 Å². The van der Waals surface area contributed by atoms with Gasteiger partial charge in [0.05, 0.1) is 28.3 Å². The van der Waals surface area contributed by atoms with E-state index in [2.05, 4.69) is 0 Å². The predicted molar refractivity (Wildman–Crippen MR) is 106 cm³/mol. The van der Waals surface area contributed by atoms with Crippen LogP contribution in [0.25, 0.3) is 0 Å². The van der Waals surface area contributed by atoms with E-state index in [-0.39, 0.29) is 37.1 Å². The first kappa shape index (κ1) is 22.4. The molecule has 0 radical (unpaired) electrons. The second-order valence-corrected chi connectivity index (χ2v) is 8.92. The van der Waals surface area contributed by atoms with Gasteiger partial charge in [0.1, 0.15) is 0 Å². The molecule has 5 nitrogen and oxygen atoms in total. The maximum atomic E-state index is 12.8. The first-order valence-electron chi connectivity index (χ1n) is 9.52. The van der Waals surface area contributed by atoms with Crippen LogP contribution < -0.4 is 5.46 Å². The second kappa shape index (κ2) is 7.76. The third-order valence-electron chi connectivity index (χ3n) is 5.81. The number of amides is 1. The number of carbonyl (C=O) groups is 1. The van der Waals surface area contributed by atoms with Crippen molar-refractivity contribution in [2.24, 2.45) is 0 Å². The summed E-state index contributed by atoms with van der Waals surface area (Å²) in [5.74, 6) is -0.290. The van der Waals surface area contributed by atoms with Crippen molar-refractivity contribution in [1.82, 2.24) is 9.80 Å². The fourth-order valence-electron chi connectivity index (χ4n) is 3.36. The van der Waals surface area contributed by atoms with Crippen molar-refractivity contribution in [3.8, 4) is 0 Å². The molecule has 0 saturated carbocycles. The summed E-state index contributed by atoms with van der Waals surface area (Å²) in [5, 5.41) is 0.264. The highest BCUT2D eigenvalue weighted by molar-refractivity contribution is 6.62. The lowest BCUT2D eigenvalue weighted by atomic mass is 9.79. The lowest BCUT2D eigenvalue weighted by Gasteiger charge is -2.35. The summed E-state index contributed by atoms with van der Waals surface area (Å²) in [6.45, 7) is 7.64. The van der Waals surface area contributed by atoms with E-state index in [4.69, 9.17) is 20.9 Å². The predicted octanol–water partition coefficient (Wildman–Crippen LogP) is 2.96. The van der Waals surface area contributed by atoms with Gasteiger partial charge < -0.3 is 14.2 Å². The molecule has 0 bridgehead atoms. The minimum atomic E-state index is -4.24. The van der Waals surface area contributed by atoms with Gasteiger partial charge in [0.15, 0.2) is 0 Å². The van der Waals surface area contributed by atoms with Crippen LogP contribution in [0.4, 0.5) is 13.2 Å². The zero-order valence-corrected chi connectivity index (χ0v) is 17.7. The van der Waals surface area contributed by atoms with E-state index in [1.165, 1.54) is 9.80 Å². The number of piperazine rings is 1. The Morgan fingerprint density at radius 2 is 1.66 bits per heavy atom. The third-order valence-corrected chi connectivity index (χ3v) is 6.12. The van der Waals surface area contributed by atoms with Gasteiger partial charge in [-0.3, -0.25) is 9.69 Å². The Kier molecular flexibility index (Phi) is 5.99.